The summed E-state index contributed by atoms with van der Waals surface area (Å²) in [5.41, 5.74) is 7.00. The molecule has 2 heterocycles. The smallest absolute Gasteiger partial charge is 0.269 e. The van der Waals surface area contributed by atoms with Crippen LogP contribution in [0.25, 0.3) is 0 Å². The number of likely N-dealkylation sites (tertiary alicyclic amines) is 1. The number of methoxy groups -OCH3 is 1. The van der Waals surface area contributed by atoms with Crippen LogP contribution in [0.15, 0.2) is 48.5 Å². The Morgan fingerprint density at radius 2 is 2.05 bits per heavy atom. The van der Waals surface area contributed by atoms with Gasteiger partial charge < -0.3 is 25.4 Å². The Morgan fingerprint density at radius 3 is 2.71 bits per heavy atom. The number of benzene rings is 2. The van der Waals surface area contributed by atoms with E-state index in [1.54, 1.807) is 48.4 Å². The lowest BCUT2D eigenvalue weighted by molar-refractivity contribution is -0.384. The number of amides is 2. The molecule has 204 valence electrons. The van der Waals surface area contributed by atoms with Crippen LogP contribution in [0.3, 0.4) is 0 Å². The second kappa shape index (κ2) is 12.8. The number of nitro benzene ring substituents is 1. The van der Waals surface area contributed by atoms with E-state index in [-0.39, 0.29) is 29.6 Å². The highest BCUT2D eigenvalue weighted by atomic mass is 16.6. The van der Waals surface area contributed by atoms with Gasteiger partial charge in [-0.3, -0.25) is 24.6 Å². The molecule has 0 bridgehead atoms. The van der Waals surface area contributed by atoms with Crippen molar-refractivity contribution in [1.29, 1.82) is 0 Å². The number of ether oxygens (including phenoxy) is 2. The maximum atomic E-state index is 13.6. The fourth-order valence-electron chi connectivity index (χ4n) is 5.14. The predicted octanol–water partition coefficient (Wildman–Crippen LogP) is 1.94. The molecule has 2 saturated heterocycles. The molecule has 2 aromatic carbocycles. The number of hydrogen-bond donors (Lipinski definition) is 2. The minimum Gasteiger partial charge on any atom is -0.497 e. The second-order valence-corrected chi connectivity index (χ2v) is 9.66. The van der Waals surface area contributed by atoms with Crippen LogP contribution in [0, 0.1) is 10.1 Å². The highest BCUT2D eigenvalue weighted by molar-refractivity contribution is 5.98. The molecule has 3 N–H and O–H groups in total. The number of nitrogens with one attached hydrogen (secondary N) is 1. The predicted molar refractivity (Wildman–Crippen MR) is 141 cm³/mol. The molecule has 0 aliphatic carbocycles. The molecule has 0 radical (unpaired) electrons. The summed E-state index contributed by atoms with van der Waals surface area (Å²) in [5.74, 6) is 0.0854. The van der Waals surface area contributed by atoms with E-state index < -0.39 is 11.0 Å². The zero-order chi connectivity index (χ0) is 27.1. The summed E-state index contributed by atoms with van der Waals surface area (Å²) in [4.78, 5) is 41.3. The van der Waals surface area contributed by atoms with Crippen LogP contribution in [-0.2, 0) is 16.1 Å². The number of hydrogen-bond acceptors (Lipinski definition) is 8. The van der Waals surface area contributed by atoms with E-state index in [4.69, 9.17) is 15.2 Å². The van der Waals surface area contributed by atoms with Gasteiger partial charge in [-0.1, -0.05) is 18.2 Å². The third-order valence-electron chi connectivity index (χ3n) is 7.11. The van der Waals surface area contributed by atoms with Crippen molar-refractivity contribution < 1.29 is 24.0 Å². The van der Waals surface area contributed by atoms with E-state index in [2.05, 4.69) is 10.2 Å². The van der Waals surface area contributed by atoms with Gasteiger partial charge in [-0.2, -0.15) is 0 Å². The first-order valence-electron chi connectivity index (χ1n) is 12.9. The van der Waals surface area contributed by atoms with Gasteiger partial charge in [-0.05, 0) is 43.0 Å². The molecule has 2 aliphatic rings. The Bertz CT molecular complexity index is 1120. The molecule has 11 nitrogen and oxygen atoms in total. The minimum atomic E-state index is -0.658. The van der Waals surface area contributed by atoms with E-state index in [9.17, 15) is 19.7 Å². The number of nitrogens with two attached hydrogens (primary N) is 1. The molecule has 0 spiro atoms. The van der Waals surface area contributed by atoms with E-state index >= 15 is 0 Å². The van der Waals surface area contributed by atoms with Gasteiger partial charge in [-0.25, -0.2) is 0 Å². The lowest BCUT2D eigenvalue weighted by Crippen LogP contribution is -2.47. The lowest BCUT2D eigenvalue weighted by Gasteiger charge is -2.31. The molecule has 3 atom stereocenters. The van der Waals surface area contributed by atoms with Crippen molar-refractivity contribution in [3.63, 3.8) is 0 Å². The van der Waals surface area contributed by atoms with Crippen LogP contribution in [-0.4, -0.2) is 84.6 Å². The Hall–Kier alpha value is -3.54. The van der Waals surface area contributed by atoms with Gasteiger partial charge in [0.2, 0.25) is 5.91 Å². The van der Waals surface area contributed by atoms with Crippen molar-refractivity contribution in [2.24, 2.45) is 5.73 Å². The molecule has 0 aromatic heterocycles. The van der Waals surface area contributed by atoms with Gasteiger partial charge >= 0.3 is 0 Å². The molecule has 2 aliphatic heterocycles. The third-order valence-corrected chi connectivity index (χ3v) is 7.11. The number of carbonyl (C=O) groups excluding carboxylic acids is 2. The van der Waals surface area contributed by atoms with Crippen molar-refractivity contribution in [1.82, 2.24) is 15.1 Å². The number of rotatable bonds is 11. The average molecular weight is 526 g/mol. The van der Waals surface area contributed by atoms with Gasteiger partial charge in [0.15, 0.2) is 0 Å². The van der Waals surface area contributed by atoms with Crippen LogP contribution >= 0.6 is 0 Å². The van der Waals surface area contributed by atoms with Crippen molar-refractivity contribution in [2.45, 2.75) is 44.0 Å². The van der Waals surface area contributed by atoms with Crippen LogP contribution in [0.5, 0.6) is 5.75 Å². The Balaban J connectivity index is 1.59. The number of nitro groups is 1. The Morgan fingerprint density at radius 1 is 1.26 bits per heavy atom. The Labute approximate surface area is 222 Å². The SMILES string of the molecule is COc1cccc(C(=O)N2CC(N(Cc3ccc([N+](=O)[O-])cc3)CC3CCCO3)CC2C(=O)NCCN)c1. The number of carbonyl (C=O) groups is 2. The number of non-ortho nitro benzene ring substituents is 1. The molecule has 2 aromatic rings. The van der Waals surface area contributed by atoms with Crippen molar-refractivity contribution in [3.8, 4) is 5.75 Å². The summed E-state index contributed by atoms with van der Waals surface area (Å²) in [6.45, 7) is 2.85. The van der Waals surface area contributed by atoms with Crippen molar-refractivity contribution >= 4 is 17.5 Å². The first-order valence-corrected chi connectivity index (χ1v) is 12.9. The van der Waals surface area contributed by atoms with Gasteiger partial charge in [0.1, 0.15) is 11.8 Å². The minimum absolute atomic E-state index is 0.0343. The molecule has 2 amide bonds. The van der Waals surface area contributed by atoms with E-state index in [0.717, 1.165) is 18.4 Å². The van der Waals surface area contributed by atoms with Gasteiger partial charge in [0.25, 0.3) is 11.6 Å². The maximum absolute atomic E-state index is 13.6. The zero-order valence-corrected chi connectivity index (χ0v) is 21.6. The van der Waals surface area contributed by atoms with E-state index in [1.165, 1.54) is 12.1 Å². The summed E-state index contributed by atoms with van der Waals surface area (Å²) < 4.78 is 11.2. The first kappa shape index (κ1) is 27.5. The molecule has 2 fully saturated rings. The summed E-state index contributed by atoms with van der Waals surface area (Å²) in [5, 5.41) is 13.9. The molecule has 0 saturated carbocycles. The second-order valence-electron chi connectivity index (χ2n) is 9.66. The standard InChI is InChI=1S/C27H35N5O6/c1-37-23-5-2-4-20(14-23)27(34)31-17-22(15-25(31)26(33)29-12-11-28)30(18-24-6-3-13-38-24)16-19-7-9-21(10-8-19)32(35)36/h2,4-5,7-10,14,22,24-25H,3,6,11-13,15-18,28H2,1H3,(H,29,33). The summed E-state index contributed by atoms with van der Waals surface area (Å²) >= 11 is 0. The fraction of sp³-hybridized carbons (Fsp3) is 0.481. The third kappa shape index (κ3) is 6.66. The fourth-order valence-corrected chi connectivity index (χ4v) is 5.14. The average Bonchev–Trinajstić information content (AvgIpc) is 3.62. The largest absolute Gasteiger partial charge is 0.497 e. The van der Waals surface area contributed by atoms with Gasteiger partial charge in [-0.15, -0.1) is 0 Å². The van der Waals surface area contributed by atoms with Gasteiger partial charge in [0, 0.05) is 63.1 Å². The normalized spacial score (nSPS) is 21.0. The molecule has 3 unspecified atom stereocenters. The highest BCUT2D eigenvalue weighted by Crippen LogP contribution is 2.28. The number of nitrogens with zero attached hydrogens (tertiary/aromatic N) is 3. The quantitative estimate of drug-likeness (QED) is 0.335. The Kier molecular flexibility index (Phi) is 9.27. The molecule has 4 rings (SSSR count). The van der Waals surface area contributed by atoms with E-state index in [0.29, 0.717) is 57.1 Å². The van der Waals surface area contributed by atoms with Gasteiger partial charge in [0.05, 0.1) is 18.1 Å². The monoisotopic (exact) mass is 525 g/mol. The summed E-state index contributed by atoms with van der Waals surface area (Å²) in [6, 6.07) is 12.6. The van der Waals surface area contributed by atoms with E-state index in [1.807, 2.05) is 0 Å². The summed E-state index contributed by atoms with van der Waals surface area (Å²) in [7, 11) is 1.54. The molecule has 11 heteroatoms. The maximum Gasteiger partial charge on any atom is 0.269 e. The molecular formula is C27H35N5O6. The highest BCUT2D eigenvalue weighted by Gasteiger charge is 2.42. The van der Waals surface area contributed by atoms with Crippen LogP contribution in [0.1, 0.15) is 35.2 Å². The first-order chi connectivity index (χ1) is 18.4. The zero-order valence-electron chi connectivity index (χ0n) is 21.6. The van der Waals surface area contributed by atoms with Crippen molar-refractivity contribution in [3.05, 3.63) is 69.8 Å². The van der Waals surface area contributed by atoms with Crippen LogP contribution in [0.2, 0.25) is 0 Å². The van der Waals surface area contributed by atoms with Crippen molar-refractivity contribution in [2.75, 3.05) is 39.9 Å². The lowest BCUT2D eigenvalue weighted by atomic mass is 10.1. The van der Waals surface area contributed by atoms with Crippen LogP contribution in [0.4, 0.5) is 5.69 Å². The topological polar surface area (TPSA) is 140 Å². The molecule has 38 heavy (non-hydrogen) atoms. The van der Waals surface area contributed by atoms with Crippen LogP contribution < -0.4 is 15.8 Å². The summed E-state index contributed by atoms with van der Waals surface area (Å²) in [6.07, 6.45) is 2.44. The molecular weight excluding hydrogens is 490 g/mol.